The Balaban J connectivity index is 1.44. The number of hydrogen-bond acceptors (Lipinski definition) is 23. The molecule has 31 heteroatoms. The number of phenols is 1. The summed E-state index contributed by atoms with van der Waals surface area (Å²) in [6.07, 6.45) is 0. The van der Waals surface area contributed by atoms with Crippen LogP contribution in [0.15, 0.2) is 118 Å². The minimum absolute atomic E-state index is 0.0589. The second-order valence-electron chi connectivity index (χ2n) is 13.3. The summed E-state index contributed by atoms with van der Waals surface area (Å²) in [6.45, 7) is -1.81. The number of fused-ring (bicyclic) bond motifs is 1. The molecule has 0 amide bonds. The molecule has 10 N–H and O–H groups in total. The summed E-state index contributed by atoms with van der Waals surface area (Å²) < 4.78 is 120. The minimum atomic E-state index is -5.29. The largest absolute Gasteiger partial charge is 0.505 e. The Kier molecular flexibility index (Phi) is 14.6. The molecule has 0 saturated heterocycles. The van der Waals surface area contributed by atoms with Gasteiger partial charge in [-0.2, -0.15) is 35.0 Å². The van der Waals surface area contributed by atoms with E-state index >= 15 is 0 Å². The summed E-state index contributed by atoms with van der Waals surface area (Å²) in [6, 6.07) is 12.8. The molecule has 0 aliphatic rings. The lowest BCUT2D eigenvalue weighted by Gasteiger charge is -2.13. The van der Waals surface area contributed by atoms with Crippen LogP contribution in [0.4, 0.5) is 39.8 Å². The third-order valence-corrected chi connectivity index (χ3v) is 11.6. The third kappa shape index (κ3) is 10.9. The number of anilines is 1. The van der Waals surface area contributed by atoms with Crippen molar-refractivity contribution in [2.75, 3.05) is 39.0 Å². The number of carboxylic acids is 1. The number of azo groups is 3. The van der Waals surface area contributed by atoms with Crippen LogP contribution in [-0.2, 0) is 30.4 Å². The summed E-state index contributed by atoms with van der Waals surface area (Å²) in [5, 5.41) is 87.0. The number of carbonyl (C=O) groups is 1. The van der Waals surface area contributed by atoms with Gasteiger partial charge in [-0.3, -0.25) is 24.3 Å². The highest BCUT2D eigenvalue weighted by atomic mass is 32.2. The first-order chi connectivity index (χ1) is 32.1. The predicted octanol–water partition coefficient (Wildman–Crippen LogP) is 5.67. The summed E-state index contributed by atoms with van der Waals surface area (Å²) in [5.41, 5.74) is -2.73. The van der Waals surface area contributed by atoms with E-state index in [4.69, 9.17) is 19.4 Å². The van der Waals surface area contributed by atoms with Crippen LogP contribution in [-0.4, -0.2) is 119 Å². The van der Waals surface area contributed by atoms with Gasteiger partial charge in [0.25, 0.3) is 30.4 Å². The van der Waals surface area contributed by atoms with Crippen LogP contribution in [0.2, 0.25) is 0 Å². The van der Waals surface area contributed by atoms with Crippen molar-refractivity contribution in [2.45, 2.75) is 14.7 Å². The number of nitrogens with one attached hydrogen (secondary N) is 1. The Bertz CT molecular complexity index is 3400. The molecule has 0 spiro atoms. The van der Waals surface area contributed by atoms with Gasteiger partial charge in [0.2, 0.25) is 11.6 Å². The zero-order valence-corrected chi connectivity index (χ0v) is 36.6. The maximum absolute atomic E-state index is 12.8. The predicted molar refractivity (Wildman–Crippen MR) is 230 cm³/mol. The van der Waals surface area contributed by atoms with Crippen LogP contribution in [0.3, 0.4) is 0 Å². The molecule has 1 aromatic heterocycles. The molecule has 0 radical (unpaired) electrons. The number of phenolic OH excluding ortho intramolecular Hbond substituents is 1. The molecule has 0 unspecified atom stereocenters. The number of rotatable bonds is 19. The Hall–Kier alpha value is -7.75. The van der Waals surface area contributed by atoms with Crippen LogP contribution < -0.4 is 19.7 Å². The van der Waals surface area contributed by atoms with Crippen molar-refractivity contribution in [3.05, 3.63) is 78.5 Å². The highest BCUT2D eigenvalue weighted by molar-refractivity contribution is 7.86. The quantitative estimate of drug-likeness (QED) is 0.0265. The number of aliphatic hydroxyl groups excluding tert-OH is 2. The molecule has 0 saturated carbocycles. The van der Waals surface area contributed by atoms with Crippen molar-refractivity contribution in [3.8, 4) is 34.6 Å². The van der Waals surface area contributed by atoms with E-state index in [0.29, 0.717) is 4.68 Å². The lowest BCUT2D eigenvalue weighted by molar-refractivity contribution is 0.0690. The molecule has 6 aromatic rings. The van der Waals surface area contributed by atoms with Crippen LogP contribution >= 0.6 is 0 Å². The smallest absolute Gasteiger partial charge is 0.358 e. The van der Waals surface area contributed by atoms with E-state index in [1.807, 2.05) is 0 Å². The van der Waals surface area contributed by atoms with Crippen molar-refractivity contribution < 1.29 is 88.7 Å². The second kappa shape index (κ2) is 20.0. The van der Waals surface area contributed by atoms with Gasteiger partial charge in [-0.1, -0.05) is 0 Å². The minimum Gasteiger partial charge on any atom is -0.505 e. The summed E-state index contributed by atoms with van der Waals surface area (Å²) in [7, 11) is -13.9. The Morgan fingerprint density at radius 1 is 0.662 bits per heavy atom. The number of aromatic hydroxyl groups is 2. The average molecular weight is 1000 g/mol. The number of aromatic nitrogens is 2. The molecular formula is C37H33N9O19S3. The summed E-state index contributed by atoms with van der Waals surface area (Å²) in [5.74, 6) is -4.06. The molecule has 0 bridgehead atoms. The maximum atomic E-state index is 12.8. The van der Waals surface area contributed by atoms with Gasteiger partial charge in [0.05, 0.1) is 31.7 Å². The molecule has 1 heterocycles. The summed E-state index contributed by atoms with van der Waals surface area (Å²) >= 11 is 0. The molecule has 0 fully saturated rings. The zero-order chi connectivity index (χ0) is 49.7. The standard InChI is InChI=1S/C37H33N9O19S3/c1-63-21-4-7-24(30(15-21)67(57,58)59)38-40-25-16-28(65-11-9-48)26(17-27(25)64-10-8-47)41-42-32-31(68(60,61)62)13-18-12-20(3-5-22(18)35(32)49)46-36(50)33(34(44-46)37(51)52)43-39-23-6-2-19(45-53)14-29(23)66(54,55)56/h2-7,12-17,45,47-50,53H,8-11H2,1H3,(H,51,52)(H,54,55,56)(H,57,58,59)(H,60,61,62). The van der Waals surface area contributed by atoms with Crippen molar-refractivity contribution in [3.63, 3.8) is 0 Å². The Labute approximate surface area is 381 Å². The first-order valence-corrected chi connectivity index (χ1v) is 22.8. The van der Waals surface area contributed by atoms with Gasteiger partial charge in [-0.25, -0.2) is 4.79 Å². The highest BCUT2D eigenvalue weighted by Crippen LogP contribution is 2.46. The van der Waals surface area contributed by atoms with E-state index < -0.39 is 98.6 Å². The SMILES string of the molecule is COc1ccc(N=Nc2cc(OCCO)c(N=Nc3c(S(=O)(=O)O)cc4cc(-n5nc(C(=O)O)c(N=Nc6ccc(NO)cc6S(=O)(=O)O)c5O)ccc4c3O)cc2OCCO)c(S(=O)(=O)O)c1. The number of ether oxygens (including phenoxy) is 3. The van der Waals surface area contributed by atoms with Gasteiger partial charge in [0.1, 0.15) is 73.6 Å². The number of carboxylic acid groups (broad SMARTS) is 1. The number of hydrogen-bond donors (Lipinski definition) is 10. The fourth-order valence-corrected chi connectivity index (χ4v) is 7.86. The molecule has 0 aliphatic heterocycles. The lowest BCUT2D eigenvalue weighted by atomic mass is 10.1. The van der Waals surface area contributed by atoms with Gasteiger partial charge in [-0.15, -0.1) is 30.7 Å². The van der Waals surface area contributed by atoms with E-state index in [0.717, 1.165) is 60.7 Å². The van der Waals surface area contributed by atoms with Crippen LogP contribution in [0.25, 0.3) is 16.5 Å². The van der Waals surface area contributed by atoms with Crippen molar-refractivity contribution >= 4 is 86.9 Å². The topological polar surface area (TPSA) is 433 Å². The lowest BCUT2D eigenvalue weighted by Crippen LogP contribution is -2.04. The van der Waals surface area contributed by atoms with Crippen LogP contribution in [0.5, 0.6) is 28.9 Å². The highest BCUT2D eigenvalue weighted by Gasteiger charge is 2.27. The number of benzene rings is 5. The Morgan fingerprint density at radius 3 is 1.74 bits per heavy atom. The molecule has 6 rings (SSSR count). The monoisotopic (exact) mass is 1000 g/mol. The molecule has 0 aliphatic carbocycles. The normalized spacial score (nSPS) is 12.4. The van der Waals surface area contributed by atoms with E-state index in [-0.39, 0.29) is 69.7 Å². The van der Waals surface area contributed by atoms with E-state index in [2.05, 4.69) is 35.8 Å². The molecule has 0 atom stereocenters. The third-order valence-electron chi connectivity index (χ3n) is 8.93. The van der Waals surface area contributed by atoms with Gasteiger partial charge >= 0.3 is 5.97 Å². The average Bonchev–Trinajstić information content (AvgIpc) is 3.63. The first-order valence-electron chi connectivity index (χ1n) is 18.5. The number of nitrogens with zero attached hydrogens (tertiary/aromatic N) is 8. The number of aliphatic hydroxyl groups is 2. The number of aromatic carboxylic acids is 1. The molecular weight excluding hydrogens is 971 g/mol. The zero-order valence-electron chi connectivity index (χ0n) is 34.2. The van der Waals surface area contributed by atoms with Crippen molar-refractivity contribution in [1.29, 1.82) is 0 Å². The molecule has 358 valence electrons. The van der Waals surface area contributed by atoms with Gasteiger partial charge in [0, 0.05) is 23.6 Å². The van der Waals surface area contributed by atoms with Gasteiger partial charge in [0.15, 0.2) is 11.4 Å². The number of methoxy groups -OCH3 is 1. The van der Waals surface area contributed by atoms with Gasteiger partial charge in [-0.05, 0) is 60.0 Å². The molecule has 28 nitrogen and oxygen atoms in total. The first kappa shape index (κ1) is 49.7. The van der Waals surface area contributed by atoms with Crippen LogP contribution in [0.1, 0.15) is 10.5 Å². The maximum Gasteiger partial charge on any atom is 0.358 e. The fraction of sp³-hybridized carbons (Fsp3) is 0.135. The van der Waals surface area contributed by atoms with Gasteiger partial charge < -0.3 is 39.7 Å². The molecule has 5 aromatic carbocycles. The van der Waals surface area contributed by atoms with Crippen molar-refractivity contribution in [2.24, 2.45) is 30.7 Å². The van der Waals surface area contributed by atoms with Crippen LogP contribution in [0, 0.1) is 0 Å². The van der Waals surface area contributed by atoms with E-state index in [1.54, 1.807) is 5.48 Å². The van der Waals surface area contributed by atoms with E-state index in [1.165, 1.54) is 19.2 Å². The van der Waals surface area contributed by atoms with E-state index in [9.17, 15) is 69.2 Å². The summed E-state index contributed by atoms with van der Waals surface area (Å²) in [4.78, 5) is 9.58. The Morgan fingerprint density at radius 2 is 1.19 bits per heavy atom. The van der Waals surface area contributed by atoms with Crippen molar-refractivity contribution in [1.82, 2.24) is 9.78 Å². The second-order valence-corrected chi connectivity index (χ2v) is 17.5. The molecule has 68 heavy (non-hydrogen) atoms. The fourth-order valence-electron chi connectivity index (χ4n) is 5.92.